The van der Waals surface area contributed by atoms with Crippen molar-refractivity contribution in [1.82, 2.24) is 4.98 Å². The van der Waals surface area contributed by atoms with Gasteiger partial charge in [0.25, 0.3) is 0 Å². The number of rotatable bonds is 3. The van der Waals surface area contributed by atoms with Crippen molar-refractivity contribution in [3.8, 4) is 0 Å². The Hall–Kier alpha value is -0.873. The van der Waals surface area contributed by atoms with E-state index in [0.717, 1.165) is 5.56 Å². The lowest BCUT2D eigenvalue weighted by molar-refractivity contribution is -0.0238. The van der Waals surface area contributed by atoms with Crippen LogP contribution >= 0.6 is 0 Å². The van der Waals surface area contributed by atoms with Crippen molar-refractivity contribution >= 4 is 9.04 Å². The zero-order chi connectivity index (χ0) is 13.3. The van der Waals surface area contributed by atoms with Gasteiger partial charge < -0.3 is 9.41 Å². The second-order valence-corrected chi connectivity index (χ2v) is 8.22. The molecular weight excluding hydrogens is 230 g/mol. The summed E-state index contributed by atoms with van der Waals surface area (Å²) >= 11 is 0. The first-order valence-corrected chi connectivity index (χ1v) is 8.82. The average Bonchev–Trinajstić information content (AvgIpc) is 2.14. The van der Waals surface area contributed by atoms with Crippen molar-refractivity contribution in [2.75, 3.05) is 0 Å². The third-order valence-electron chi connectivity index (χ3n) is 3.23. The minimum atomic E-state index is -1.19. The molecule has 1 atom stereocenters. The molecule has 0 bridgehead atoms. The van der Waals surface area contributed by atoms with E-state index in [0.29, 0.717) is 0 Å². The monoisotopic (exact) mass is 253 g/mol. The van der Waals surface area contributed by atoms with Crippen molar-refractivity contribution in [2.24, 2.45) is 5.41 Å². The first kappa shape index (κ1) is 14.2. The molecule has 0 aliphatic rings. The predicted octanol–water partition coefficient (Wildman–Crippen LogP) is 2.64. The molecule has 17 heavy (non-hydrogen) atoms. The van der Waals surface area contributed by atoms with Gasteiger partial charge >= 0.3 is 0 Å². The Kier molecular flexibility index (Phi) is 3.99. The summed E-state index contributed by atoms with van der Waals surface area (Å²) in [6.45, 7) is 12.8. The molecule has 4 heteroatoms. The van der Waals surface area contributed by atoms with Gasteiger partial charge in [-0.1, -0.05) is 20.8 Å². The standard InChI is InChI=1S/C13H23NO2Si/c1-12(2,3)13(4,16-17(5)6)10-7-8-14-11(15)9-10/h7-9,17H,1-6H3,(H,14,15). The van der Waals surface area contributed by atoms with E-state index >= 15 is 0 Å². The van der Waals surface area contributed by atoms with Crippen LogP contribution in [-0.2, 0) is 10.0 Å². The van der Waals surface area contributed by atoms with Crippen molar-refractivity contribution < 1.29 is 4.43 Å². The maximum Gasteiger partial charge on any atom is 0.248 e. The van der Waals surface area contributed by atoms with E-state index < -0.39 is 14.6 Å². The molecule has 0 radical (unpaired) electrons. The molecule has 0 fully saturated rings. The van der Waals surface area contributed by atoms with Gasteiger partial charge in [0, 0.05) is 12.3 Å². The summed E-state index contributed by atoms with van der Waals surface area (Å²) in [6.07, 6.45) is 1.69. The van der Waals surface area contributed by atoms with E-state index in [1.807, 2.05) is 6.07 Å². The fourth-order valence-corrected chi connectivity index (χ4v) is 3.32. The summed E-state index contributed by atoms with van der Waals surface area (Å²) in [5.41, 5.74) is 0.404. The smallest absolute Gasteiger partial charge is 0.248 e. The lowest BCUT2D eigenvalue weighted by atomic mass is 9.74. The molecule has 96 valence electrons. The van der Waals surface area contributed by atoms with Gasteiger partial charge in [-0.25, -0.2) is 0 Å². The maximum atomic E-state index is 11.4. The quantitative estimate of drug-likeness (QED) is 0.841. The highest BCUT2D eigenvalue weighted by molar-refractivity contribution is 6.48. The highest BCUT2D eigenvalue weighted by atomic mass is 28.3. The molecule has 1 N–H and O–H groups in total. The van der Waals surface area contributed by atoms with Crippen LogP contribution in [0.3, 0.4) is 0 Å². The number of nitrogens with one attached hydrogen (secondary N) is 1. The van der Waals surface area contributed by atoms with Gasteiger partial charge in [0.05, 0.1) is 5.60 Å². The minimum absolute atomic E-state index is 0.0575. The summed E-state index contributed by atoms with van der Waals surface area (Å²) in [6, 6.07) is 3.57. The number of hydrogen-bond donors (Lipinski definition) is 1. The van der Waals surface area contributed by atoms with Crippen LogP contribution < -0.4 is 5.56 Å². The van der Waals surface area contributed by atoms with E-state index in [1.165, 1.54) is 0 Å². The van der Waals surface area contributed by atoms with Gasteiger partial charge in [-0.05, 0) is 37.1 Å². The van der Waals surface area contributed by atoms with Gasteiger partial charge in [-0.15, -0.1) is 0 Å². The van der Waals surface area contributed by atoms with E-state index in [4.69, 9.17) is 4.43 Å². The minimum Gasteiger partial charge on any atom is -0.411 e. The third-order valence-corrected chi connectivity index (χ3v) is 4.17. The van der Waals surface area contributed by atoms with E-state index in [9.17, 15) is 4.79 Å². The second-order valence-electron chi connectivity index (χ2n) is 5.89. The van der Waals surface area contributed by atoms with Crippen LogP contribution in [0.1, 0.15) is 33.3 Å². The molecule has 0 spiro atoms. The number of H-pyrrole nitrogens is 1. The van der Waals surface area contributed by atoms with E-state index in [1.54, 1.807) is 12.3 Å². The van der Waals surface area contributed by atoms with Crippen LogP contribution in [0, 0.1) is 5.41 Å². The molecular formula is C13H23NO2Si. The first-order valence-electron chi connectivity index (χ1n) is 6.04. The molecule has 0 aliphatic carbocycles. The largest absolute Gasteiger partial charge is 0.411 e. The van der Waals surface area contributed by atoms with Crippen LogP contribution in [0.25, 0.3) is 0 Å². The lowest BCUT2D eigenvalue weighted by Crippen LogP contribution is -2.43. The van der Waals surface area contributed by atoms with Gasteiger partial charge in [0.1, 0.15) is 0 Å². The van der Waals surface area contributed by atoms with Crippen molar-refractivity contribution in [1.29, 1.82) is 0 Å². The molecule has 0 aliphatic heterocycles. The Morgan fingerprint density at radius 3 is 2.24 bits per heavy atom. The molecule has 3 nitrogen and oxygen atoms in total. The molecule has 0 saturated heterocycles. The van der Waals surface area contributed by atoms with Crippen LogP contribution in [0.5, 0.6) is 0 Å². The lowest BCUT2D eigenvalue weighted by Gasteiger charge is -2.43. The Bertz CT molecular complexity index is 434. The van der Waals surface area contributed by atoms with Crippen molar-refractivity contribution in [3.05, 3.63) is 34.2 Å². The van der Waals surface area contributed by atoms with E-state index in [-0.39, 0.29) is 11.0 Å². The zero-order valence-corrected chi connectivity index (χ0v) is 12.8. The fraction of sp³-hybridized carbons (Fsp3) is 0.615. The summed E-state index contributed by atoms with van der Waals surface area (Å²) < 4.78 is 6.23. The summed E-state index contributed by atoms with van der Waals surface area (Å²) in [7, 11) is -1.19. The average molecular weight is 253 g/mol. The number of aromatic amines is 1. The highest BCUT2D eigenvalue weighted by Gasteiger charge is 2.40. The summed E-state index contributed by atoms with van der Waals surface area (Å²) in [4.78, 5) is 14.1. The van der Waals surface area contributed by atoms with E-state index in [2.05, 4.69) is 45.8 Å². The normalized spacial score (nSPS) is 15.9. The Balaban J connectivity index is 3.29. The van der Waals surface area contributed by atoms with Crippen molar-refractivity contribution in [2.45, 2.75) is 46.4 Å². The highest BCUT2D eigenvalue weighted by Crippen LogP contribution is 2.42. The molecule has 0 aromatic carbocycles. The van der Waals surface area contributed by atoms with Gasteiger partial charge in [0.2, 0.25) is 5.56 Å². The Morgan fingerprint density at radius 1 is 1.24 bits per heavy atom. The number of pyridine rings is 1. The number of hydrogen-bond acceptors (Lipinski definition) is 2. The molecule has 1 aromatic rings. The van der Waals surface area contributed by atoms with Crippen LogP contribution in [0.2, 0.25) is 13.1 Å². The van der Waals surface area contributed by atoms with Gasteiger partial charge in [0.15, 0.2) is 9.04 Å². The van der Waals surface area contributed by atoms with Crippen LogP contribution in [0.4, 0.5) is 0 Å². The van der Waals surface area contributed by atoms with Gasteiger partial charge in [-0.2, -0.15) is 0 Å². The number of aromatic nitrogens is 1. The maximum absolute atomic E-state index is 11.4. The molecule has 1 unspecified atom stereocenters. The molecule has 0 saturated carbocycles. The molecule has 1 heterocycles. The topological polar surface area (TPSA) is 42.1 Å². The summed E-state index contributed by atoms with van der Waals surface area (Å²) in [5.74, 6) is 0. The fourth-order valence-electron chi connectivity index (χ4n) is 1.89. The SMILES string of the molecule is C[SiH](C)OC(C)(c1cc[nH]c(=O)c1)C(C)(C)C. The Morgan fingerprint density at radius 2 is 1.82 bits per heavy atom. The summed E-state index contributed by atoms with van der Waals surface area (Å²) in [5, 5.41) is 0. The molecule has 0 amide bonds. The van der Waals surface area contributed by atoms with Gasteiger partial charge in [-0.3, -0.25) is 4.79 Å². The van der Waals surface area contributed by atoms with Crippen molar-refractivity contribution in [3.63, 3.8) is 0 Å². The third kappa shape index (κ3) is 3.07. The van der Waals surface area contributed by atoms with Crippen LogP contribution in [-0.4, -0.2) is 14.0 Å². The predicted molar refractivity (Wildman–Crippen MR) is 73.8 cm³/mol. The second kappa shape index (κ2) is 4.78. The first-order chi connectivity index (χ1) is 7.67. The molecule has 1 aromatic heterocycles. The van der Waals surface area contributed by atoms with Crippen LogP contribution in [0.15, 0.2) is 23.1 Å². The molecule has 1 rings (SSSR count). The zero-order valence-electron chi connectivity index (χ0n) is 11.6. The Labute approximate surface area is 105 Å².